The van der Waals surface area contributed by atoms with Gasteiger partial charge >= 0.3 is 5.97 Å². The number of para-hydroxylation sites is 1. The predicted molar refractivity (Wildman–Crippen MR) is 102 cm³/mol. The van der Waals surface area contributed by atoms with Crippen molar-refractivity contribution < 1.29 is 19.1 Å². The number of nitrogens with zero attached hydrogens (tertiary/aromatic N) is 1. The van der Waals surface area contributed by atoms with Crippen LogP contribution in [0.3, 0.4) is 0 Å². The molecule has 0 bridgehead atoms. The van der Waals surface area contributed by atoms with Crippen LogP contribution < -0.4 is 10.6 Å². The maximum absolute atomic E-state index is 12.3. The first-order chi connectivity index (χ1) is 12.7. The molecular weight excluding hydrogens is 366 g/mol. The molecule has 2 N–H and O–H groups in total. The van der Waals surface area contributed by atoms with Crippen molar-refractivity contribution in [2.24, 2.45) is 5.92 Å². The van der Waals surface area contributed by atoms with Crippen LogP contribution in [0.25, 0.3) is 0 Å². The number of benzene rings is 1. The van der Waals surface area contributed by atoms with E-state index in [4.69, 9.17) is 4.74 Å². The molecule has 1 heterocycles. The Morgan fingerprint density at radius 2 is 2.04 bits per heavy atom. The summed E-state index contributed by atoms with van der Waals surface area (Å²) in [7, 11) is 0. The first-order valence-corrected chi connectivity index (χ1v) is 9.53. The smallest absolute Gasteiger partial charge is 0.308 e. The first-order valence-electron chi connectivity index (χ1n) is 8.65. The van der Waals surface area contributed by atoms with E-state index in [0.717, 1.165) is 4.90 Å². The van der Waals surface area contributed by atoms with Gasteiger partial charge in [-0.2, -0.15) is 5.26 Å². The van der Waals surface area contributed by atoms with E-state index in [9.17, 15) is 19.6 Å². The van der Waals surface area contributed by atoms with E-state index in [1.165, 1.54) is 18.7 Å². The van der Waals surface area contributed by atoms with Crippen LogP contribution in [0.15, 0.2) is 29.2 Å². The average molecular weight is 389 g/mol. The van der Waals surface area contributed by atoms with Crippen LogP contribution in [0.1, 0.15) is 34.1 Å². The fraction of sp³-hybridized carbons (Fsp3) is 0.474. The quantitative estimate of drug-likeness (QED) is 0.724. The Labute approximate surface area is 162 Å². The molecule has 3 atom stereocenters. The van der Waals surface area contributed by atoms with E-state index in [1.54, 1.807) is 13.0 Å². The lowest BCUT2D eigenvalue weighted by atomic mass is 9.90. The summed E-state index contributed by atoms with van der Waals surface area (Å²) >= 11 is 1.29. The maximum Gasteiger partial charge on any atom is 0.308 e. The minimum Gasteiger partial charge on any atom is -0.453 e. The number of nitriles is 1. The predicted octanol–water partition coefficient (Wildman–Crippen LogP) is 2.48. The van der Waals surface area contributed by atoms with Gasteiger partial charge in [0, 0.05) is 4.90 Å². The molecule has 27 heavy (non-hydrogen) atoms. The van der Waals surface area contributed by atoms with E-state index in [0.29, 0.717) is 5.69 Å². The van der Waals surface area contributed by atoms with Gasteiger partial charge in [0.25, 0.3) is 5.91 Å². The highest BCUT2D eigenvalue weighted by Crippen LogP contribution is 2.36. The summed E-state index contributed by atoms with van der Waals surface area (Å²) in [4.78, 5) is 37.5. The topological polar surface area (TPSA) is 108 Å². The number of nitrogens with one attached hydrogen (secondary N) is 2. The number of amides is 2. The molecule has 0 saturated carbocycles. The monoisotopic (exact) mass is 389 g/mol. The zero-order valence-electron chi connectivity index (χ0n) is 15.7. The molecule has 1 aliphatic rings. The minimum atomic E-state index is -1.06. The van der Waals surface area contributed by atoms with Gasteiger partial charge in [-0.15, -0.1) is 11.8 Å². The van der Waals surface area contributed by atoms with Crippen LogP contribution in [-0.4, -0.2) is 34.7 Å². The molecule has 2 amide bonds. The molecule has 2 rings (SSSR count). The van der Waals surface area contributed by atoms with Gasteiger partial charge in [-0.1, -0.05) is 26.0 Å². The van der Waals surface area contributed by atoms with Crippen molar-refractivity contribution in [1.29, 1.82) is 5.26 Å². The second-order valence-corrected chi connectivity index (χ2v) is 8.13. The van der Waals surface area contributed by atoms with Gasteiger partial charge in [-0.05, 0) is 31.9 Å². The molecule has 144 valence electrons. The fourth-order valence-electron chi connectivity index (χ4n) is 2.34. The summed E-state index contributed by atoms with van der Waals surface area (Å²) in [5.74, 6) is -1.58. The Bertz CT molecular complexity index is 789. The number of thioether (sulfide) groups is 1. The van der Waals surface area contributed by atoms with Crippen molar-refractivity contribution in [2.45, 2.75) is 55.9 Å². The Hall–Kier alpha value is -2.53. The van der Waals surface area contributed by atoms with Crippen LogP contribution in [0.5, 0.6) is 0 Å². The molecule has 0 unspecified atom stereocenters. The Kier molecular flexibility index (Phi) is 6.50. The molecule has 7 nitrogen and oxygen atoms in total. The number of carbonyl (C=O) groups excluding carboxylic acids is 3. The summed E-state index contributed by atoms with van der Waals surface area (Å²) in [5.41, 5.74) is -0.338. The van der Waals surface area contributed by atoms with Crippen LogP contribution in [0.4, 0.5) is 5.69 Å². The van der Waals surface area contributed by atoms with E-state index in [-0.39, 0.29) is 18.2 Å². The zero-order chi connectivity index (χ0) is 20.2. The van der Waals surface area contributed by atoms with Crippen molar-refractivity contribution in [3.05, 3.63) is 24.3 Å². The maximum atomic E-state index is 12.3. The number of ether oxygens (including phenoxy) is 1. The SMILES string of the molecule is CC(C)[C@@](C)(C#N)NC(=O)[C@@H](C)OC(=O)C[C@H]1Sc2ccccc2NC1=O. The van der Waals surface area contributed by atoms with Gasteiger partial charge < -0.3 is 15.4 Å². The summed E-state index contributed by atoms with van der Waals surface area (Å²) in [5, 5.41) is 14.0. The van der Waals surface area contributed by atoms with E-state index < -0.39 is 28.8 Å². The van der Waals surface area contributed by atoms with Crippen molar-refractivity contribution in [3.8, 4) is 6.07 Å². The lowest BCUT2D eigenvalue weighted by Gasteiger charge is -2.28. The van der Waals surface area contributed by atoms with Gasteiger partial charge in [-0.25, -0.2) is 0 Å². The molecule has 1 aromatic carbocycles. The van der Waals surface area contributed by atoms with Gasteiger partial charge in [0.2, 0.25) is 5.91 Å². The van der Waals surface area contributed by atoms with Gasteiger partial charge in [-0.3, -0.25) is 14.4 Å². The van der Waals surface area contributed by atoms with Crippen LogP contribution in [-0.2, 0) is 19.1 Å². The van der Waals surface area contributed by atoms with Crippen molar-refractivity contribution in [3.63, 3.8) is 0 Å². The van der Waals surface area contributed by atoms with Gasteiger partial charge in [0.15, 0.2) is 6.10 Å². The summed E-state index contributed by atoms with van der Waals surface area (Å²) in [6.07, 6.45) is -1.21. The van der Waals surface area contributed by atoms with E-state index in [1.807, 2.05) is 32.0 Å². The lowest BCUT2D eigenvalue weighted by molar-refractivity contribution is -0.155. The second-order valence-electron chi connectivity index (χ2n) is 6.89. The average Bonchev–Trinajstić information content (AvgIpc) is 2.61. The summed E-state index contributed by atoms with van der Waals surface area (Å²) in [6.45, 7) is 6.69. The molecule has 0 aliphatic carbocycles. The Morgan fingerprint density at radius 3 is 2.67 bits per heavy atom. The van der Waals surface area contributed by atoms with Crippen molar-refractivity contribution >= 4 is 35.2 Å². The van der Waals surface area contributed by atoms with Crippen LogP contribution in [0.2, 0.25) is 0 Å². The second kappa shape index (κ2) is 8.44. The Balaban J connectivity index is 1.93. The highest BCUT2D eigenvalue weighted by Gasteiger charge is 2.34. The minimum absolute atomic E-state index is 0.114. The molecule has 0 spiro atoms. The molecular formula is C19H23N3O4S. The fourth-order valence-corrected chi connectivity index (χ4v) is 3.43. The van der Waals surface area contributed by atoms with Crippen molar-refractivity contribution in [2.75, 3.05) is 5.32 Å². The highest BCUT2D eigenvalue weighted by molar-refractivity contribution is 8.01. The van der Waals surface area contributed by atoms with E-state index >= 15 is 0 Å². The molecule has 8 heteroatoms. The van der Waals surface area contributed by atoms with Gasteiger partial charge in [0.05, 0.1) is 23.4 Å². The van der Waals surface area contributed by atoms with Crippen molar-refractivity contribution in [1.82, 2.24) is 5.32 Å². The number of anilines is 1. The standard InChI is InChI=1S/C19H23N3O4S/c1-11(2)19(4,10-20)22-17(24)12(3)26-16(23)9-15-18(25)21-13-7-5-6-8-14(13)27-15/h5-8,11-12,15H,9H2,1-4H3,(H,21,25)(H,22,24)/t12-,15-,19-/m1/s1. The normalized spacial score (nSPS) is 19.1. The van der Waals surface area contributed by atoms with Crippen LogP contribution >= 0.6 is 11.8 Å². The molecule has 0 aromatic heterocycles. The highest BCUT2D eigenvalue weighted by atomic mass is 32.2. The summed E-state index contributed by atoms with van der Waals surface area (Å²) in [6, 6.07) is 9.40. The largest absolute Gasteiger partial charge is 0.453 e. The third-order valence-corrected chi connectivity index (χ3v) is 5.78. The number of esters is 1. The van der Waals surface area contributed by atoms with Crippen LogP contribution in [0, 0.1) is 17.2 Å². The Morgan fingerprint density at radius 1 is 1.37 bits per heavy atom. The number of hydrogen-bond acceptors (Lipinski definition) is 6. The van der Waals surface area contributed by atoms with E-state index in [2.05, 4.69) is 16.7 Å². The number of carbonyl (C=O) groups is 3. The molecule has 0 fully saturated rings. The summed E-state index contributed by atoms with van der Waals surface area (Å²) < 4.78 is 5.17. The lowest BCUT2D eigenvalue weighted by Crippen LogP contribution is -2.52. The molecule has 1 aliphatic heterocycles. The first kappa shape index (κ1) is 20.8. The van der Waals surface area contributed by atoms with Gasteiger partial charge in [0.1, 0.15) is 5.54 Å². The third-order valence-electron chi connectivity index (χ3n) is 4.51. The number of fused-ring (bicyclic) bond motifs is 1. The number of hydrogen-bond donors (Lipinski definition) is 2. The molecule has 0 saturated heterocycles. The molecule has 1 aromatic rings. The zero-order valence-corrected chi connectivity index (χ0v) is 16.6. The molecule has 0 radical (unpaired) electrons. The third kappa shape index (κ3) is 5.01. The number of rotatable bonds is 6.